The van der Waals surface area contributed by atoms with Gasteiger partial charge in [-0.3, -0.25) is 0 Å². The molecular weight excluding hydrogens is 503 g/mol. The molecule has 4 heterocycles. The van der Waals surface area contributed by atoms with Gasteiger partial charge in [0, 0.05) is 36.2 Å². The van der Waals surface area contributed by atoms with Crippen molar-refractivity contribution in [2.24, 2.45) is 5.10 Å². The van der Waals surface area contributed by atoms with Crippen LogP contribution in [0, 0.1) is 31.3 Å². The number of carbonyl (C=O) groups is 2. The van der Waals surface area contributed by atoms with E-state index in [9.17, 15) is 22.8 Å². The Kier molecular flexibility index (Phi) is 6.55. The molecule has 2 aliphatic heterocycles. The van der Waals surface area contributed by atoms with E-state index in [-0.39, 0.29) is 18.8 Å². The molecule has 0 N–H and O–H groups in total. The first-order chi connectivity index (χ1) is 18.2. The van der Waals surface area contributed by atoms with E-state index in [1.165, 1.54) is 41.4 Å². The molecule has 2 amide bonds. The van der Waals surface area contributed by atoms with E-state index in [0.717, 1.165) is 12.3 Å². The summed E-state index contributed by atoms with van der Waals surface area (Å²) in [4.78, 5) is 30.6. The van der Waals surface area contributed by atoms with Crippen molar-refractivity contribution in [3.63, 3.8) is 0 Å². The smallest absolute Gasteiger partial charge is 0.341 e. The van der Waals surface area contributed by atoms with Crippen molar-refractivity contribution in [2.45, 2.75) is 32.4 Å². The minimum atomic E-state index is -0.734. The fourth-order valence-electron chi connectivity index (χ4n) is 4.69. The monoisotopic (exact) mass is 527 g/mol. The summed E-state index contributed by atoms with van der Waals surface area (Å²) < 4.78 is 54.3. The van der Waals surface area contributed by atoms with Gasteiger partial charge in [-0.05, 0) is 37.6 Å². The van der Waals surface area contributed by atoms with Gasteiger partial charge in [-0.25, -0.2) is 32.8 Å². The lowest BCUT2D eigenvalue weighted by molar-refractivity contribution is 0.0256. The van der Waals surface area contributed by atoms with Crippen LogP contribution in [-0.4, -0.2) is 64.0 Å². The van der Waals surface area contributed by atoms with E-state index in [2.05, 4.69) is 10.1 Å². The SMILES string of the molecule is COC(=O)c1cc(C)n(-c2cc(OC3CN(C(=O)N4N=CC[C@H]4c4cc(F)cc(F)c4)C3)c(F)cn2)c1C. The Balaban J connectivity index is 1.27. The summed E-state index contributed by atoms with van der Waals surface area (Å²) in [6.45, 7) is 3.85. The molecule has 0 unspecified atom stereocenters. The number of carbonyl (C=O) groups excluding carboxylic acids is 2. The van der Waals surface area contributed by atoms with Gasteiger partial charge in [-0.15, -0.1) is 0 Å². The van der Waals surface area contributed by atoms with Crippen molar-refractivity contribution in [1.82, 2.24) is 19.5 Å². The molecule has 5 rings (SSSR count). The molecule has 2 aromatic heterocycles. The number of hydrogen-bond donors (Lipinski definition) is 0. The molecule has 1 aromatic carbocycles. The number of hydrazone groups is 1. The number of methoxy groups -OCH3 is 1. The van der Waals surface area contributed by atoms with Gasteiger partial charge in [0.25, 0.3) is 0 Å². The molecule has 12 heteroatoms. The Labute approximate surface area is 216 Å². The van der Waals surface area contributed by atoms with Crippen LogP contribution < -0.4 is 4.74 Å². The van der Waals surface area contributed by atoms with E-state index >= 15 is 0 Å². The fourth-order valence-corrected chi connectivity index (χ4v) is 4.69. The number of amides is 2. The molecule has 0 aliphatic carbocycles. The van der Waals surface area contributed by atoms with Gasteiger partial charge >= 0.3 is 12.0 Å². The number of ether oxygens (including phenoxy) is 2. The van der Waals surface area contributed by atoms with Crippen LogP contribution in [0.4, 0.5) is 18.0 Å². The molecule has 9 nitrogen and oxygen atoms in total. The van der Waals surface area contributed by atoms with E-state index in [0.29, 0.717) is 34.8 Å². The van der Waals surface area contributed by atoms with E-state index in [4.69, 9.17) is 9.47 Å². The summed E-state index contributed by atoms with van der Waals surface area (Å²) in [7, 11) is 1.29. The van der Waals surface area contributed by atoms with Crippen molar-refractivity contribution >= 4 is 18.2 Å². The van der Waals surface area contributed by atoms with Crippen molar-refractivity contribution < 1.29 is 32.2 Å². The van der Waals surface area contributed by atoms with E-state index in [1.807, 2.05) is 0 Å². The first-order valence-corrected chi connectivity index (χ1v) is 11.8. The summed E-state index contributed by atoms with van der Waals surface area (Å²) in [6.07, 6.45) is 2.38. The molecule has 0 radical (unpaired) electrons. The van der Waals surface area contributed by atoms with Gasteiger partial charge in [-0.1, -0.05) is 0 Å². The van der Waals surface area contributed by atoms with Gasteiger partial charge in [0.1, 0.15) is 23.6 Å². The highest BCUT2D eigenvalue weighted by molar-refractivity contribution is 5.91. The predicted octanol–water partition coefficient (Wildman–Crippen LogP) is 4.31. The summed E-state index contributed by atoms with van der Waals surface area (Å²) >= 11 is 0. The molecule has 2 aliphatic rings. The summed E-state index contributed by atoms with van der Waals surface area (Å²) in [5.41, 5.74) is 1.96. The Morgan fingerprint density at radius 2 is 1.74 bits per heavy atom. The third kappa shape index (κ3) is 4.57. The maximum absolute atomic E-state index is 14.6. The fraction of sp³-hybridized carbons (Fsp3) is 0.308. The van der Waals surface area contributed by atoms with Crippen LogP contribution in [0.25, 0.3) is 5.82 Å². The predicted molar refractivity (Wildman–Crippen MR) is 130 cm³/mol. The minimum Gasteiger partial charge on any atom is -0.483 e. The molecule has 1 atom stereocenters. The van der Waals surface area contributed by atoms with Crippen LogP contribution in [0.5, 0.6) is 5.75 Å². The Morgan fingerprint density at radius 3 is 2.42 bits per heavy atom. The van der Waals surface area contributed by atoms with Crippen LogP contribution in [0.2, 0.25) is 0 Å². The molecule has 1 saturated heterocycles. The normalized spacial score (nSPS) is 17.1. The summed E-state index contributed by atoms with van der Waals surface area (Å²) in [5, 5.41) is 5.27. The van der Waals surface area contributed by atoms with Crippen LogP contribution in [-0.2, 0) is 4.74 Å². The maximum Gasteiger partial charge on any atom is 0.341 e. The minimum absolute atomic E-state index is 0.0495. The number of nitrogens with zero attached hydrogens (tertiary/aromatic N) is 5. The molecule has 3 aromatic rings. The zero-order valence-corrected chi connectivity index (χ0v) is 20.8. The largest absolute Gasteiger partial charge is 0.483 e. The van der Waals surface area contributed by atoms with Crippen molar-refractivity contribution in [2.75, 3.05) is 20.2 Å². The second-order valence-corrected chi connectivity index (χ2v) is 9.11. The Morgan fingerprint density at radius 1 is 1.03 bits per heavy atom. The number of benzene rings is 1. The standard InChI is InChI=1S/C26H24F3N5O4/c1-14-6-20(25(35)37-3)15(2)33(14)24-10-23(21(29)11-30-24)38-19-12-32(13-19)26(36)34-22(4-5-31-34)16-7-17(27)9-18(28)8-16/h5-11,19,22H,4,12-13H2,1-3H3/t22-/m0/s1. The Hall–Kier alpha value is -4.35. The van der Waals surface area contributed by atoms with Gasteiger partial charge in [-0.2, -0.15) is 5.10 Å². The first-order valence-electron chi connectivity index (χ1n) is 11.8. The molecule has 1 fully saturated rings. The van der Waals surface area contributed by atoms with Gasteiger partial charge in [0.2, 0.25) is 0 Å². The second kappa shape index (κ2) is 9.84. The average Bonchev–Trinajstić information content (AvgIpc) is 3.45. The highest BCUT2D eigenvalue weighted by Gasteiger charge is 2.39. The number of aromatic nitrogens is 2. The molecular formula is C26H24F3N5O4. The molecule has 198 valence electrons. The molecule has 0 spiro atoms. The summed E-state index contributed by atoms with van der Waals surface area (Å²) in [6, 6.07) is 5.14. The van der Waals surface area contributed by atoms with Gasteiger partial charge in [0.05, 0.1) is 38.0 Å². The van der Waals surface area contributed by atoms with Crippen LogP contribution in [0.1, 0.15) is 39.8 Å². The number of likely N-dealkylation sites (tertiary alicyclic amines) is 1. The number of urea groups is 1. The maximum atomic E-state index is 14.6. The third-order valence-corrected chi connectivity index (χ3v) is 6.58. The molecule has 38 heavy (non-hydrogen) atoms. The zero-order valence-electron chi connectivity index (χ0n) is 20.8. The quantitative estimate of drug-likeness (QED) is 0.462. The highest BCUT2D eigenvalue weighted by atomic mass is 19.1. The van der Waals surface area contributed by atoms with Gasteiger partial charge in [0.15, 0.2) is 11.6 Å². The zero-order chi connectivity index (χ0) is 27.1. The van der Waals surface area contributed by atoms with Crippen molar-refractivity contribution in [1.29, 1.82) is 0 Å². The number of halogens is 3. The Bertz CT molecular complexity index is 1430. The molecule has 0 saturated carbocycles. The van der Waals surface area contributed by atoms with E-state index < -0.39 is 41.6 Å². The van der Waals surface area contributed by atoms with E-state index in [1.54, 1.807) is 24.5 Å². The average molecular weight is 528 g/mol. The third-order valence-electron chi connectivity index (χ3n) is 6.58. The number of aryl methyl sites for hydroxylation is 1. The van der Waals surface area contributed by atoms with Crippen molar-refractivity contribution in [3.8, 4) is 11.6 Å². The van der Waals surface area contributed by atoms with Crippen LogP contribution >= 0.6 is 0 Å². The van der Waals surface area contributed by atoms with Crippen LogP contribution in [0.3, 0.4) is 0 Å². The number of pyridine rings is 1. The number of rotatable bonds is 5. The first kappa shape index (κ1) is 25.3. The highest BCUT2D eigenvalue weighted by Crippen LogP contribution is 2.32. The number of esters is 1. The van der Waals surface area contributed by atoms with Crippen molar-refractivity contribution in [3.05, 3.63) is 76.5 Å². The molecule has 0 bridgehead atoms. The topological polar surface area (TPSA) is 89.3 Å². The van der Waals surface area contributed by atoms with Crippen LogP contribution in [0.15, 0.2) is 41.6 Å². The lowest BCUT2D eigenvalue weighted by atomic mass is 10.0. The van der Waals surface area contributed by atoms with Gasteiger partial charge < -0.3 is 18.9 Å². The second-order valence-electron chi connectivity index (χ2n) is 9.11. The summed E-state index contributed by atoms with van der Waals surface area (Å²) in [5.74, 6) is -2.33. The number of hydrogen-bond acceptors (Lipinski definition) is 6. The lowest BCUT2D eigenvalue weighted by Gasteiger charge is -2.41. The lowest BCUT2D eigenvalue weighted by Crippen LogP contribution is -2.58.